The molecule has 8 nitrogen and oxygen atoms in total. The summed E-state index contributed by atoms with van der Waals surface area (Å²) in [4.78, 5) is 27.7. The Kier molecular flexibility index (Phi) is 6.99. The number of nitrogens with zero attached hydrogens (tertiary/aromatic N) is 2. The average molecular weight is 520 g/mol. The van der Waals surface area contributed by atoms with Crippen LogP contribution in [0.4, 0.5) is 11.4 Å². The molecule has 1 fully saturated rings. The topological polar surface area (TPSA) is 96.0 Å². The van der Waals surface area contributed by atoms with Crippen LogP contribution in [0, 0.1) is 0 Å². The second-order valence-electron chi connectivity index (χ2n) is 9.30. The molecule has 0 spiro atoms. The van der Waals surface area contributed by atoms with Crippen LogP contribution in [0.2, 0.25) is 0 Å². The van der Waals surface area contributed by atoms with Gasteiger partial charge in [-0.05, 0) is 67.8 Å². The Morgan fingerprint density at radius 1 is 0.973 bits per heavy atom. The van der Waals surface area contributed by atoms with E-state index in [-0.39, 0.29) is 16.7 Å². The molecule has 0 bridgehead atoms. The molecule has 1 N–H and O–H groups in total. The zero-order chi connectivity index (χ0) is 26.0. The summed E-state index contributed by atoms with van der Waals surface area (Å²) in [6.07, 6.45) is 2.14. The predicted octanol–water partition coefficient (Wildman–Crippen LogP) is 4.43. The number of hydrogen-bond donors (Lipinski definition) is 1. The number of ether oxygens (including phenoxy) is 1. The zero-order valence-corrected chi connectivity index (χ0v) is 21.4. The first kappa shape index (κ1) is 25.0. The first-order valence-corrected chi connectivity index (χ1v) is 13.8. The highest BCUT2D eigenvalue weighted by molar-refractivity contribution is 7.89. The Balaban J connectivity index is 1.34. The van der Waals surface area contributed by atoms with Gasteiger partial charge >= 0.3 is 0 Å². The van der Waals surface area contributed by atoms with Gasteiger partial charge in [0.15, 0.2) is 6.10 Å². The van der Waals surface area contributed by atoms with Crippen molar-refractivity contribution in [2.75, 3.05) is 23.3 Å². The van der Waals surface area contributed by atoms with Gasteiger partial charge in [-0.1, -0.05) is 36.8 Å². The molecule has 0 aliphatic carbocycles. The molecule has 2 aliphatic rings. The van der Waals surface area contributed by atoms with Gasteiger partial charge in [0.25, 0.3) is 11.8 Å². The van der Waals surface area contributed by atoms with Crippen molar-refractivity contribution in [3.8, 4) is 5.75 Å². The minimum absolute atomic E-state index is 0.162. The number of fused-ring (bicyclic) bond motifs is 1. The monoisotopic (exact) mass is 519 g/mol. The summed E-state index contributed by atoms with van der Waals surface area (Å²) in [5.41, 5.74) is 2.38. The second kappa shape index (κ2) is 10.4. The molecule has 9 heteroatoms. The number of anilines is 2. The van der Waals surface area contributed by atoms with Crippen molar-refractivity contribution in [3.63, 3.8) is 0 Å². The van der Waals surface area contributed by atoms with Crippen molar-refractivity contribution in [2.24, 2.45) is 0 Å². The predicted molar refractivity (Wildman–Crippen MR) is 141 cm³/mol. The molecular weight excluding hydrogens is 490 g/mol. The minimum Gasteiger partial charge on any atom is -0.479 e. The summed E-state index contributed by atoms with van der Waals surface area (Å²) >= 11 is 0. The van der Waals surface area contributed by atoms with Crippen LogP contribution in [-0.4, -0.2) is 43.7 Å². The summed E-state index contributed by atoms with van der Waals surface area (Å²) in [6, 6.07) is 20.8. The fraction of sp³-hybridized carbons (Fsp3) is 0.286. The van der Waals surface area contributed by atoms with Crippen LogP contribution in [0.3, 0.4) is 0 Å². The molecule has 2 aliphatic heterocycles. The van der Waals surface area contributed by atoms with Crippen LogP contribution < -0.4 is 15.0 Å². The van der Waals surface area contributed by atoms with Gasteiger partial charge in [0.2, 0.25) is 10.0 Å². The first-order valence-electron chi connectivity index (χ1n) is 12.4. The standard InChI is InChI=1S/C28H29N3O5S/c1-20-28(33)31(19-21-8-4-2-5-9-21)25-18-23(12-15-26(25)36-20)29-27(32)22-10-13-24(14-11-22)37(34,35)30-16-6-3-7-17-30/h2,4-5,8-15,18,20H,3,6-7,16-17,19H2,1H3,(H,29,32). The maximum absolute atomic E-state index is 13.0. The highest BCUT2D eigenvalue weighted by atomic mass is 32.2. The lowest BCUT2D eigenvalue weighted by atomic mass is 10.1. The molecule has 3 aromatic carbocycles. The number of nitrogens with one attached hydrogen (secondary N) is 1. The number of carbonyl (C=O) groups excluding carboxylic acids is 2. The molecule has 3 aromatic rings. The number of piperidine rings is 1. The Hall–Kier alpha value is -3.69. The van der Waals surface area contributed by atoms with Gasteiger partial charge in [0, 0.05) is 24.3 Å². The summed E-state index contributed by atoms with van der Waals surface area (Å²) < 4.78 is 33.1. The van der Waals surface area contributed by atoms with E-state index < -0.39 is 16.1 Å². The van der Waals surface area contributed by atoms with E-state index in [1.807, 2.05) is 30.3 Å². The lowest BCUT2D eigenvalue weighted by Gasteiger charge is -2.33. The van der Waals surface area contributed by atoms with Crippen molar-refractivity contribution in [3.05, 3.63) is 83.9 Å². The second-order valence-corrected chi connectivity index (χ2v) is 11.2. The van der Waals surface area contributed by atoms with E-state index in [1.54, 1.807) is 30.0 Å². The third-order valence-electron chi connectivity index (χ3n) is 6.68. The molecule has 0 radical (unpaired) electrons. The van der Waals surface area contributed by atoms with E-state index in [1.165, 1.54) is 28.6 Å². The van der Waals surface area contributed by atoms with Crippen molar-refractivity contribution in [1.82, 2.24) is 4.31 Å². The van der Waals surface area contributed by atoms with Gasteiger partial charge in [0.1, 0.15) is 5.75 Å². The highest BCUT2D eigenvalue weighted by Gasteiger charge is 2.32. The maximum Gasteiger partial charge on any atom is 0.268 e. The smallest absolute Gasteiger partial charge is 0.268 e. The molecule has 1 unspecified atom stereocenters. The molecule has 5 rings (SSSR count). The van der Waals surface area contributed by atoms with E-state index >= 15 is 0 Å². The molecule has 2 amide bonds. The molecule has 1 atom stereocenters. The molecule has 0 aromatic heterocycles. The van der Waals surface area contributed by atoms with Gasteiger partial charge in [-0.2, -0.15) is 4.31 Å². The van der Waals surface area contributed by atoms with E-state index in [9.17, 15) is 18.0 Å². The fourth-order valence-electron chi connectivity index (χ4n) is 4.65. The van der Waals surface area contributed by atoms with Crippen LogP contribution >= 0.6 is 0 Å². The lowest BCUT2D eigenvalue weighted by Crippen LogP contribution is -2.44. The van der Waals surface area contributed by atoms with Crippen molar-refractivity contribution < 1.29 is 22.7 Å². The zero-order valence-electron chi connectivity index (χ0n) is 20.6. The molecule has 2 heterocycles. The number of amides is 2. The third kappa shape index (κ3) is 5.23. The van der Waals surface area contributed by atoms with Gasteiger partial charge < -0.3 is 15.0 Å². The number of sulfonamides is 1. The van der Waals surface area contributed by atoms with E-state index in [2.05, 4.69) is 5.32 Å². The summed E-state index contributed by atoms with van der Waals surface area (Å²) in [7, 11) is -3.57. The molecular formula is C28H29N3O5S. The normalized spacial score (nSPS) is 18.1. The Labute approximate surface area is 216 Å². The van der Waals surface area contributed by atoms with Gasteiger partial charge in [-0.25, -0.2) is 8.42 Å². The van der Waals surface area contributed by atoms with Crippen molar-refractivity contribution in [2.45, 2.75) is 43.7 Å². The third-order valence-corrected chi connectivity index (χ3v) is 8.59. The summed E-state index contributed by atoms with van der Waals surface area (Å²) in [5, 5.41) is 2.85. The minimum atomic E-state index is -3.57. The summed E-state index contributed by atoms with van der Waals surface area (Å²) in [5.74, 6) is 0.0199. The number of carbonyl (C=O) groups is 2. The van der Waals surface area contributed by atoms with E-state index in [0.717, 1.165) is 24.8 Å². The Morgan fingerprint density at radius 2 is 1.68 bits per heavy atom. The average Bonchev–Trinajstić information content (AvgIpc) is 2.92. The highest BCUT2D eigenvalue weighted by Crippen LogP contribution is 2.37. The lowest BCUT2D eigenvalue weighted by molar-refractivity contribution is -0.125. The van der Waals surface area contributed by atoms with Crippen LogP contribution in [0.25, 0.3) is 0 Å². The summed E-state index contributed by atoms with van der Waals surface area (Å²) in [6.45, 7) is 3.14. The number of hydrogen-bond acceptors (Lipinski definition) is 5. The fourth-order valence-corrected chi connectivity index (χ4v) is 6.17. The largest absolute Gasteiger partial charge is 0.479 e. The van der Waals surface area contributed by atoms with Crippen LogP contribution in [-0.2, 0) is 21.4 Å². The maximum atomic E-state index is 13.0. The Morgan fingerprint density at radius 3 is 2.38 bits per heavy atom. The first-order chi connectivity index (χ1) is 17.8. The quantitative estimate of drug-likeness (QED) is 0.520. The number of benzene rings is 3. The van der Waals surface area contributed by atoms with Gasteiger partial charge in [-0.15, -0.1) is 0 Å². The molecule has 192 valence electrons. The Bertz CT molecular complexity index is 1400. The molecule has 37 heavy (non-hydrogen) atoms. The SMILES string of the molecule is CC1Oc2ccc(NC(=O)c3ccc(S(=O)(=O)N4CCCCC4)cc3)cc2N(Cc2ccccc2)C1=O. The van der Waals surface area contributed by atoms with Crippen molar-refractivity contribution >= 4 is 33.2 Å². The van der Waals surface area contributed by atoms with Crippen LogP contribution in [0.1, 0.15) is 42.1 Å². The van der Waals surface area contributed by atoms with Crippen LogP contribution in [0.5, 0.6) is 5.75 Å². The van der Waals surface area contributed by atoms with Gasteiger partial charge in [0.05, 0.1) is 17.1 Å². The molecule has 0 saturated carbocycles. The van der Waals surface area contributed by atoms with Crippen LogP contribution in [0.15, 0.2) is 77.7 Å². The van der Waals surface area contributed by atoms with E-state index in [4.69, 9.17) is 4.74 Å². The molecule has 1 saturated heterocycles. The number of rotatable bonds is 6. The van der Waals surface area contributed by atoms with E-state index in [0.29, 0.717) is 42.3 Å². The van der Waals surface area contributed by atoms with Gasteiger partial charge in [-0.3, -0.25) is 9.59 Å². The van der Waals surface area contributed by atoms with Crippen molar-refractivity contribution in [1.29, 1.82) is 0 Å².